The van der Waals surface area contributed by atoms with E-state index in [2.05, 4.69) is 5.32 Å². The van der Waals surface area contributed by atoms with E-state index in [0.717, 1.165) is 20.9 Å². The molecule has 1 aliphatic rings. The Morgan fingerprint density at radius 2 is 2.14 bits per heavy atom. The van der Waals surface area contributed by atoms with Crippen molar-refractivity contribution in [3.8, 4) is 0 Å². The smallest absolute Gasteiger partial charge is 0.253 e. The van der Waals surface area contributed by atoms with Crippen LogP contribution in [0.25, 0.3) is 0 Å². The fraction of sp³-hybridized carbons (Fsp3) is 0.235. The zero-order valence-electron chi connectivity index (χ0n) is 12.2. The fourth-order valence-corrected chi connectivity index (χ4v) is 3.66. The minimum atomic E-state index is -0.516. The standard InChI is InChI=1S/C17H17NO3S/c1-21-10-18-17(20)12-7-6-11-8-14(19)13-4-2-3-5-15(13)22-16(11)9-12/h2-7,9,14,19H,8,10H2,1H3,(H,18,20). The fourth-order valence-electron chi connectivity index (χ4n) is 2.48. The molecule has 2 aromatic rings. The van der Waals surface area contributed by atoms with Gasteiger partial charge >= 0.3 is 0 Å². The molecule has 22 heavy (non-hydrogen) atoms. The molecule has 0 saturated carbocycles. The lowest BCUT2D eigenvalue weighted by atomic mass is 10.0. The number of nitrogens with one attached hydrogen (secondary N) is 1. The zero-order chi connectivity index (χ0) is 15.5. The molecule has 114 valence electrons. The number of carbonyl (C=O) groups excluding carboxylic acids is 1. The summed E-state index contributed by atoms with van der Waals surface area (Å²) in [5.74, 6) is -0.164. The van der Waals surface area contributed by atoms with Crippen LogP contribution in [0.4, 0.5) is 0 Å². The first-order chi connectivity index (χ1) is 10.7. The van der Waals surface area contributed by atoms with Crippen molar-refractivity contribution in [1.82, 2.24) is 5.32 Å². The summed E-state index contributed by atoms with van der Waals surface area (Å²) < 4.78 is 4.86. The topological polar surface area (TPSA) is 58.6 Å². The molecule has 1 aliphatic heterocycles. The second kappa shape index (κ2) is 6.52. The van der Waals surface area contributed by atoms with Gasteiger partial charge in [-0.1, -0.05) is 36.0 Å². The Bertz CT molecular complexity index is 702. The van der Waals surface area contributed by atoms with Gasteiger partial charge in [-0.15, -0.1) is 0 Å². The lowest BCUT2D eigenvalue weighted by Gasteiger charge is -2.10. The molecule has 2 N–H and O–H groups in total. The number of hydrogen-bond donors (Lipinski definition) is 2. The average Bonchev–Trinajstić information content (AvgIpc) is 2.68. The first kappa shape index (κ1) is 15.1. The number of benzene rings is 2. The highest BCUT2D eigenvalue weighted by Gasteiger charge is 2.21. The predicted octanol–water partition coefficient (Wildman–Crippen LogP) is 2.76. The number of ether oxygens (including phenoxy) is 1. The maximum absolute atomic E-state index is 12.0. The van der Waals surface area contributed by atoms with Crippen LogP contribution in [-0.2, 0) is 11.2 Å². The first-order valence-electron chi connectivity index (χ1n) is 7.04. The van der Waals surface area contributed by atoms with E-state index in [1.165, 1.54) is 7.11 Å². The normalized spacial score (nSPS) is 16.4. The van der Waals surface area contributed by atoms with Gasteiger partial charge < -0.3 is 15.2 Å². The van der Waals surface area contributed by atoms with E-state index < -0.39 is 6.10 Å². The van der Waals surface area contributed by atoms with Crippen molar-refractivity contribution in [2.75, 3.05) is 13.8 Å². The number of fused-ring (bicyclic) bond motifs is 2. The van der Waals surface area contributed by atoms with Gasteiger partial charge in [0.25, 0.3) is 5.91 Å². The van der Waals surface area contributed by atoms with Gasteiger partial charge in [-0.3, -0.25) is 4.79 Å². The molecule has 0 aliphatic carbocycles. The van der Waals surface area contributed by atoms with E-state index in [9.17, 15) is 9.90 Å². The van der Waals surface area contributed by atoms with Gasteiger partial charge in [0.05, 0.1) is 6.10 Å². The number of amides is 1. The van der Waals surface area contributed by atoms with E-state index in [-0.39, 0.29) is 12.6 Å². The van der Waals surface area contributed by atoms with Crippen LogP contribution in [0.15, 0.2) is 52.3 Å². The Morgan fingerprint density at radius 3 is 2.95 bits per heavy atom. The van der Waals surface area contributed by atoms with Crippen LogP contribution in [0.1, 0.15) is 27.6 Å². The van der Waals surface area contributed by atoms with Crippen LogP contribution >= 0.6 is 11.8 Å². The Kier molecular flexibility index (Phi) is 4.47. The van der Waals surface area contributed by atoms with Crippen molar-refractivity contribution in [2.24, 2.45) is 0 Å². The number of methoxy groups -OCH3 is 1. The second-order valence-electron chi connectivity index (χ2n) is 5.12. The van der Waals surface area contributed by atoms with Crippen LogP contribution < -0.4 is 5.32 Å². The Morgan fingerprint density at radius 1 is 1.32 bits per heavy atom. The third-order valence-electron chi connectivity index (χ3n) is 3.62. The molecule has 3 rings (SSSR count). The van der Waals surface area contributed by atoms with E-state index in [1.54, 1.807) is 17.8 Å². The van der Waals surface area contributed by atoms with Gasteiger partial charge in [-0.05, 0) is 29.3 Å². The summed E-state index contributed by atoms with van der Waals surface area (Å²) in [5.41, 5.74) is 2.59. The van der Waals surface area contributed by atoms with Crippen molar-refractivity contribution >= 4 is 17.7 Å². The van der Waals surface area contributed by atoms with Gasteiger partial charge in [-0.2, -0.15) is 0 Å². The zero-order valence-corrected chi connectivity index (χ0v) is 13.0. The summed E-state index contributed by atoms with van der Waals surface area (Å²) in [5, 5.41) is 13.1. The molecule has 2 aromatic carbocycles. The number of aliphatic hydroxyl groups is 1. The van der Waals surface area contributed by atoms with Crippen LogP contribution in [-0.4, -0.2) is 24.9 Å². The van der Waals surface area contributed by atoms with Crippen molar-refractivity contribution in [3.63, 3.8) is 0 Å². The molecular formula is C17H17NO3S. The largest absolute Gasteiger partial charge is 0.388 e. The summed E-state index contributed by atoms with van der Waals surface area (Å²) in [6, 6.07) is 13.4. The van der Waals surface area contributed by atoms with Gasteiger partial charge in [0.15, 0.2) is 0 Å². The minimum Gasteiger partial charge on any atom is -0.388 e. The SMILES string of the molecule is COCNC(=O)c1ccc2c(c1)Sc1ccccc1C(O)C2. The van der Waals surface area contributed by atoms with Gasteiger partial charge in [0, 0.05) is 28.9 Å². The lowest BCUT2D eigenvalue weighted by Crippen LogP contribution is -2.25. The molecule has 1 amide bonds. The molecule has 4 nitrogen and oxygen atoms in total. The highest BCUT2D eigenvalue weighted by Crippen LogP contribution is 2.40. The Hall–Kier alpha value is -1.82. The summed E-state index contributed by atoms with van der Waals surface area (Å²) >= 11 is 1.59. The third-order valence-corrected chi connectivity index (χ3v) is 4.81. The van der Waals surface area contributed by atoms with E-state index in [0.29, 0.717) is 12.0 Å². The molecule has 0 spiro atoms. The highest BCUT2D eigenvalue weighted by atomic mass is 32.2. The van der Waals surface area contributed by atoms with Crippen molar-refractivity contribution < 1.29 is 14.6 Å². The number of rotatable bonds is 3. The quantitative estimate of drug-likeness (QED) is 0.855. The van der Waals surface area contributed by atoms with Gasteiger partial charge in [-0.25, -0.2) is 0 Å². The molecule has 0 bridgehead atoms. The number of carbonyl (C=O) groups is 1. The van der Waals surface area contributed by atoms with Gasteiger partial charge in [0.2, 0.25) is 0 Å². The van der Waals surface area contributed by atoms with E-state index >= 15 is 0 Å². The van der Waals surface area contributed by atoms with Crippen molar-refractivity contribution in [3.05, 3.63) is 59.2 Å². The molecule has 1 unspecified atom stereocenters. The molecular weight excluding hydrogens is 298 g/mol. The highest BCUT2D eigenvalue weighted by molar-refractivity contribution is 7.99. The van der Waals surface area contributed by atoms with Crippen LogP contribution in [0, 0.1) is 0 Å². The average molecular weight is 315 g/mol. The summed E-state index contributed by atoms with van der Waals surface area (Å²) in [6.07, 6.45) is 0.0392. The monoisotopic (exact) mass is 315 g/mol. The first-order valence-corrected chi connectivity index (χ1v) is 7.85. The molecule has 5 heteroatoms. The molecule has 1 atom stereocenters. The number of hydrogen-bond acceptors (Lipinski definition) is 4. The van der Waals surface area contributed by atoms with Crippen LogP contribution in [0.2, 0.25) is 0 Å². The Labute approximate surface area is 133 Å². The van der Waals surface area contributed by atoms with E-state index in [4.69, 9.17) is 4.74 Å². The summed E-state index contributed by atoms with van der Waals surface area (Å²) in [7, 11) is 1.53. The molecule has 0 aromatic heterocycles. The van der Waals surface area contributed by atoms with Crippen LogP contribution in [0.5, 0.6) is 0 Å². The second-order valence-corrected chi connectivity index (χ2v) is 6.21. The van der Waals surface area contributed by atoms with Crippen LogP contribution in [0.3, 0.4) is 0 Å². The molecule has 0 fully saturated rings. The molecule has 0 saturated heterocycles. The Balaban J connectivity index is 1.94. The van der Waals surface area contributed by atoms with Crippen molar-refractivity contribution in [2.45, 2.75) is 22.3 Å². The maximum atomic E-state index is 12.0. The predicted molar refractivity (Wildman–Crippen MR) is 85.0 cm³/mol. The van der Waals surface area contributed by atoms with E-state index in [1.807, 2.05) is 36.4 Å². The third kappa shape index (κ3) is 3.02. The van der Waals surface area contributed by atoms with Crippen molar-refractivity contribution in [1.29, 1.82) is 0 Å². The molecule has 1 heterocycles. The van der Waals surface area contributed by atoms with Gasteiger partial charge in [0.1, 0.15) is 6.73 Å². The molecule has 0 radical (unpaired) electrons. The summed E-state index contributed by atoms with van der Waals surface area (Å²) in [4.78, 5) is 14.1. The minimum absolute atomic E-state index is 0.164. The maximum Gasteiger partial charge on any atom is 0.253 e. The summed E-state index contributed by atoms with van der Waals surface area (Å²) in [6.45, 7) is 0.185. The lowest BCUT2D eigenvalue weighted by molar-refractivity contribution is 0.0872. The number of aliphatic hydroxyl groups excluding tert-OH is 1.